The molecule has 80 valence electrons. The van der Waals surface area contributed by atoms with E-state index in [-0.39, 0.29) is 0 Å². The lowest BCUT2D eigenvalue weighted by Crippen LogP contribution is -2.05. The zero-order valence-corrected chi connectivity index (χ0v) is 9.67. The number of aromatic nitrogens is 1. The Balaban J connectivity index is 2.57. The Hall–Kier alpha value is -1.28. The van der Waals surface area contributed by atoms with E-state index in [4.69, 9.17) is 0 Å². The van der Waals surface area contributed by atoms with Gasteiger partial charge in [0.25, 0.3) is 0 Å². The van der Waals surface area contributed by atoms with Crippen LogP contribution in [0.5, 0.6) is 0 Å². The zero-order chi connectivity index (χ0) is 10.8. The molecule has 2 rings (SSSR count). The van der Waals surface area contributed by atoms with E-state index in [1.807, 2.05) is 7.05 Å². The zero-order valence-electron chi connectivity index (χ0n) is 9.67. The molecule has 15 heavy (non-hydrogen) atoms. The van der Waals surface area contributed by atoms with E-state index in [1.165, 1.54) is 22.2 Å². The van der Waals surface area contributed by atoms with Gasteiger partial charge in [0.05, 0.1) is 0 Å². The molecule has 2 aromatic rings. The van der Waals surface area contributed by atoms with Gasteiger partial charge < -0.3 is 9.88 Å². The van der Waals surface area contributed by atoms with Crippen LogP contribution in [0.15, 0.2) is 24.3 Å². The summed E-state index contributed by atoms with van der Waals surface area (Å²) in [6.07, 6.45) is 0. The summed E-state index contributed by atoms with van der Waals surface area (Å²) >= 11 is 0. The average Bonchev–Trinajstić information content (AvgIpc) is 2.53. The lowest BCUT2D eigenvalue weighted by atomic mass is 10.1. The first-order valence-electron chi connectivity index (χ1n) is 5.49. The fourth-order valence-corrected chi connectivity index (χ4v) is 2.17. The van der Waals surface area contributed by atoms with Gasteiger partial charge in [0.1, 0.15) is 0 Å². The van der Waals surface area contributed by atoms with Crippen LogP contribution in [0.25, 0.3) is 10.9 Å². The smallest absolute Gasteiger partial charge is 0.0485 e. The maximum Gasteiger partial charge on any atom is 0.0485 e. The van der Waals surface area contributed by atoms with Gasteiger partial charge in [-0.3, -0.25) is 0 Å². The van der Waals surface area contributed by atoms with Gasteiger partial charge in [-0.25, -0.2) is 0 Å². The molecule has 2 heteroatoms. The molecule has 1 aromatic heterocycles. The summed E-state index contributed by atoms with van der Waals surface area (Å²) in [4.78, 5) is 0. The van der Waals surface area contributed by atoms with Crippen molar-refractivity contribution in [2.45, 2.75) is 26.9 Å². The molecule has 0 bridgehead atoms. The fraction of sp³-hybridized carbons (Fsp3) is 0.385. The van der Waals surface area contributed by atoms with Crippen molar-refractivity contribution in [3.8, 4) is 0 Å². The molecule has 0 aliphatic heterocycles. The van der Waals surface area contributed by atoms with Crippen LogP contribution in [-0.2, 0) is 13.1 Å². The minimum absolute atomic E-state index is 0.934. The van der Waals surface area contributed by atoms with Crippen molar-refractivity contribution in [2.24, 2.45) is 0 Å². The van der Waals surface area contributed by atoms with Crippen LogP contribution in [0, 0.1) is 6.92 Å². The first-order valence-corrected chi connectivity index (χ1v) is 5.49. The Labute approximate surface area is 90.9 Å². The van der Waals surface area contributed by atoms with Crippen molar-refractivity contribution in [2.75, 3.05) is 7.05 Å². The first-order chi connectivity index (χ1) is 7.26. The van der Waals surface area contributed by atoms with Crippen LogP contribution in [0.1, 0.15) is 18.2 Å². The molecule has 0 saturated carbocycles. The minimum atomic E-state index is 0.934. The molecule has 1 N–H and O–H groups in total. The van der Waals surface area contributed by atoms with Gasteiger partial charge in [-0.05, 0) is 44.0 Å². The molecule has 1 heterocycles. The van der Waals surface area contributed by atoms with Crippen molar-refractivity contribution in [3.63, 3.8) is 0 Å². The number of aryl methyl sites for hydroxylation is 2. The lowest BCUT2D eigenvalue weighted by Gasteiger charge is -2.05. The van der Waals surface area contributed by atoms with Gasteiger partial charge in [-0.15, -0.1) is 0 Å². The van der Waals surface area contributed by atoms with E-state index in [2.05, 4.69) is 48.0 Å². The second-order valence-electron chi connectivity index (χ2n) is 3.95. The maximum atomic E-state index is 3.18. The third-order valence-corrected chi connectivity index (χ3v) is 2.87. The van der Waals surface area contributed by atoms with E-state index in [9.17, 15) is 0 Å². The van der Waals surface area contributed by atoms with Crippen molar-refractivity contribution in [1.82, 2.24) is 9.88 Å². The Morgan fingerprint density at radius 1 is 1.27 bits per heavy atom. The topological polar surface area (TPSA) is 17.0 Å². The number of hydrogen-bond donors (Lipinski definition) is 1. The monoisotopic (exact) mass is 202 g/mol. The number of fused-ring (bicyclic) bond motifs is 1. The summed E-state index contributed by atoms with van der Waals surface area (Å²) in [5, 5.41) is 4.53. The predicted octanol–water partition coefficient (Wildman–Crippen LogP) is 2.69. The van der Waals surface area contributed by atoms with E-state index >= 15 is 0 Å². The van der Waals surface area contributed by atoms with E-state index < -0.39 is 0 Å². The van der Waals surface area contributed by atoms with Crippen LogP contribution < -0.4 is 5.32 Å². The largest absolute Gasteiger partial charge is 0.345 e. The summed E-state index contributed by atoms with van der Waals surface area (Å²) < 4.78 is 2.36. The van der Waals surface area contributed by atoms with Crippen LogP contribution in [-0.4, -0.2) is 11.6 Å². The summed E-state index contributed by atoms with van der Waals surface area (Å²) in [7, 11) is 1.98. The highest BCUT2D eigenvalue weighted by atomic mass is 15.0. The Bertz CT molecular complexity index is 469. The molecule has 0 aliphatic rings. The summed E-state index contributed by atoms with van der Waals surface area (Å²) in [5.41, 5.74) is 4.04. The molecular weight excluding hydrogens is 184 g/mol. The molecule has 0 fully saturated rings. The SMILES string of the molecule is CCn1c(C)cc2ccc(CNC)cc21. The van der Waals surface area contributed by atoms with Crippen LogP contribution >= 0.6 is 0 Å². The molecule has 0 aliphatic carbocycles. The van der Waals surface area contributed by atoms with Crippen molar-refractivity contribution >= 4 is 10.9 Å². The number of nitrogens with one attached hydrogen (secondary N) is 1. The van der Waals surface area contributed by atoms with Gasteiger partial charge in [-0.2, -0.15) is 0 Å². The minimum Gasteiger partial charge on any atom is -0.345 e. The summed E-state index contributed by atoms with van der Waals surface area (Å²) in [5.74, 6) is 0. The standard InChI is InChI=1S/C13H18N2/c1-4-15-10(2)7-12-6-5-11(9-14-3)8-13(12)15/h5-8,14H,4,9H2,1-3H3. The second kappa shape index (κ2) is 4.07. The number of benzene rings is 1. The lowest BCUT2D eigenvalue weighted by molar-refractivity contribution is 0.767. The fourth-order valence-electron chi connectivity index (χ4n) is 2.17. The third kappa shape index (κ3) is 1.77. The molecule has 0 spiro atoms. The molecule has 0 radical (unpaired) electrons. The molecule has 1 aromatic carbocycles. The third-order valence-electron chi connectivity index (χ3n) is 2.87. The van der Waals surface area contributed by atoms with Gasteiger partial charge >= 0.3 is 0 Å². The second-order valence-corrected chi connectivity index (χ2v) is 3.95. The highest BCUT2D eigenvalue weighted by molar-refractivity contribution is 5.82. The van der Waals surface area contributed by atoms with Crippen molar-refractivity contribution in [3.05, 3.63) is 35.5 Å². The normalized spacial score (nSPS) is 11.1. The molecule has 0 unspecified atom stereocenters. The van der Waals surface area contributed by atoms with Gasteiger partial charge in [-0.1, -0.05) is 12.1 Å². The molecule has 0 amide bonds. The number of nitrogens with zero attached hydrogens (tertiary/aromatic N) is 1. The van der Waals surface area contributed by atoms with Crippen LogP contribution in [0.4, 0.5) is 0 Å². The van der Waals surface area contributed by atoms with E-state index in [1.54, 1.807) is 0 Å². The molecular formula is C13H18N2. The van der Waals surface area contributed by atoms with Crippen molar-refractivity contribution in [1.29, 1.82) is 0 Å². The van der Waals surface area contributed by atoms with Crippen LogP contribution in [0.3, 0.4) is 0 Å². The number of rotatable bonds is 3. The van der Waals surface area contributed by atoms with Crippen LogP contribution in [0.2, 0.25) is 0 Å². The molecule has 2 nitrogen and oxygen atoms in total. The molecule has 0 atom stereocenters. The van der Waals surface area contributed by atoms with Gasteiger partial charge in [0, 0.05) is 24.3 Å². The average molecular weight is 202 g/mol. The Morgan fingerprint density at radius 2 is 2.07 bits per heavy atom. The Kier molecular flexibility index (Phi) is 2.78. The highest BCUT2D eigenvalue weighted by Crippen LogP contribution is 2.20. The highest BCUT2D eigenvalue weighted by Gasteiger charge is 2.04. The first kappa shape index (κ1) is 10.2. The van der Waals surface area contributed by atoms with E-state index in [0.29, 0.717) is 0 Å². The van der Waals surface area contributed by atoms with Gasteiger partial charge in [0.2, 0.25) is 0 Å². The summed E-state index contributed by atoms with van der Waals surface area (Å²) in [6, 6.07) is 8.93. The van der Waals surface area contributed by atoms with Crippen molar-refractivity contribution < 1.29 is 0 Å². The predicted molar refractivity (Wildman–Crippen MR) is 65.1 cm³/mol. The summed E-state index contributed by atoms with van der Waals surface area (Å²) in [6.45, 7) is 6.33. The maximum absolute atomic E-state index is 3.18. The van der Waals surface area contributed by atoms with E-state index in [0.717, 1.165) is 13.1 Å². The quantitative estimate of drug-likeness (QED) is 0.809. The molecule has 0 saturated heterocycles. The number of hydrogen-bond acceptors (Lipinski definition) is 1. The van der Waals surface area contributed by atoms with Gasteiger partial charge in [0.15, 0.2) is 0 Å². The Morgan fingerprint density at radius 3 is 2.73 bits per heavy atom.